The van der Waals surface area contributed by atoms with E-state index >= 15 is 0 Å². The number of nitrogens with one attached hydrogen (secondary N) is 2. The van der Waals surface area contributed by atoms with Crippen molar-refractivity contribution >= 4 is 5.82 Å². The minimum Gasteiger partial charge on any atom is -0.359 e. The lowest BCUT2D eigenvalue weighted by atomic mass is 10.1. The van der Waals surface area contributed by atoms with Crippen LogP contribution < -0.4 is 10.2 Å². The molecular weight excluding hydrogens is 162 g/mol. The van der Waals surface area contributed by atoms with Crippen LogP contribution in [0.15, 0.2) is 18.3 Å². The van der Waals surface area contributed by atoms with Gasteiger partial charge in [0.05, 0.1) is 0 Å². The molecule has 0 radical (unpaired) electrons. The number of aromatic amines is 1. The second-order valence-electron chi connectivity index (χ2n) is 4.05. The molecule has 3 nitrogen and oxygen atoms in total. The topological polar surface area (TPSA) is 31.1 Å². The predicted molar refractivity (Wildman–Crippen MR) is 57.2 cm³/mol. The van der Waals surface area contributed by atoms with E-state index in [9.17, 15) is 0 Å². The Bertz CT molecular complexity index is 239. The van der Waals surface area contributed by atoms with Crippen molar-refractivity contribution in [2.75, 3.05) is 25.5 Å². The van der Waals surface area contributed by atoms with Crippen LogP contribution in [0.2, 0.25) is 0 Å². The maximum absolute atomic E-state index is 3.28. The Labute approximate surface area is 80.1 Å². The summed E-state index contributed by atoms with van der Waals surface area (Å²) in [5, 5.41) is 3.28. The van der Waals surface area contributed by atoms with Gasteiger partial charge in [0.1, 0.15) is 5.82 Å². The normalized spacial score (nSPS) is 11.7. The highest BCUT2D eigenvalue weighted by atomic mass is 15.2. The van der Waals surface area contributed by atoms with Gasteiger partial charge in [-0.05, 0) is 33.0 Å². The molecule has 0 fully saturated rings. The van der Waals surface area contributed by atoms with E-state index in [1.807, 2.05) is 19.3 Å². The van der Waals surface area contributed by atoms with E-state index in [0.29, 0.717) is 0 Å². The van der Waals surface area contributed by atoms with E-state index < -0.39 is 0 Å². The van der Waals surface area contributed by atoms with Crippen LogP contribution >= 0.6 is 0 Å². The van der Waals surface area contributed by atoms with E-state index in [1.54, 1.807) is 0 Å². The SMILES string of the molecule is CNC(C)(C)CN(C)c1ccc[nH]1. The van der Waals surface area contributed by atoms with E-state index in [1.165, 1.54) is 0 Å². The van der Waals surface area contributed by atoms with Crippen LogP contribution in [-0.4, -0.2) is 31.2 Å². The van der Waals surface area contributed by atoms with Gasteiger partial charge < -0.3 is 15.2 Å². The Kier molecular flexibility index (Phi) is 2.98. The summed E-state index contributed by atoms with van der Waals surface area (Å²) in [6.45, 7) is 5.35. The number of hydrogen-bond donors (Lipinski definition) is 2. The van der Waals surface area contributed by atoms with Crippen molar-refractivity contribution in [2.24, 2.45) is 0 Å². The van der Waals surface area contributed by atoms with Crippen molar-refractivity contribution in [3.8, 4) is 0 Å². The van der Waals surface area contributed by atoms with Gasteiger partial charge in [0, 0.05) is 25.3 Å². The molecule has 0 saturated carbocycles. The molecule has 0 aromatic carbocycles. The van der Waals surface area contributed by atoms with Gasteiger partial charge in [-0.25, -0.2) is 0 Å². The van der Waals surface area contributed by atoms with Crippen LogP contribution in [0.5, 0.6) is 0 Å². The fourth-order valence-electron chi connectivity index (χ4n) is 1.32. The molecular formula is C10H19N3. The summed E-state index contributed by atoms with van der Waals surface area (Å²) in [5.74, 6) is 1.16. The summed E-state index contributed by atoms with van der Waals surface area (Å²) >= 11 is 0. The lowest BCUT2D eigenvalue weighted by Gasteiger charge is -2.30. The van der Waals surface area contributed by atoms with Crippen LogP contribution in [0.4, 0.5) is 5.82 Å². The number of likely N-dealkylation sites (N-methyl/N-ethyl adjacent to an activating group) is 2. The minimum absolute atomic E-state index is 0.139. The largest absolute Gasteiger partial charge is 0.359 e. The highest BCUT2D eigenvalue weighted by Crippen LogP contribution is 2.11. The third-order valence-electron chi connectivity index (χ3n) is 2.30. The quantitative estimate of drug-likeness (QED) is 0.736. The van der Waals surface area contributed by atoms with Gasteiger partial charge >= 0.3 is 0 Å². The molecule has 0 unspecified atom stereocenters. The third-order valence-corrected chi connectivity index (χ3v) is 2.30. The number of aromatic nitrogens is 1. The zero-order valence-corrected chi connectivity index (χ0v) is 8.89. The molecule has 13 heavy (non-hydrogen) atoms. The lowest BCUT2D eigenvalue weighted by molar-refractivity contribution is 0.427. The first-order valence-corrected chi connectivity index (χ1v) is 4.58. The summed E-state index contributed by atoms with van der Waals surface area (Å²) < 4.78 is 0. The Morgan fingerprint density at radius 3 is 2.69 bits per heavy atom. The Hall–Kier alpha value is -0.960. The molecule has 1 heterocycles. The third kappa shape index (κ3) is 2.77. The second-order valence-corrected chi connectivity index (χ2v) is 4.05. The van der Waals surface area contributed by atoms with Crippen LogP contribution in [0.1, 0.15) is 13.8 Å². The molecule has 74 valence electrons. The summed E-state index contributed by atoms with van der Waals surface area (Å²) in [5.41, 5.74) is 0.139. The average molecular weight is 181 g/mol. The molecule has 0 spiro atoms. The summed E-state index contributed by atoms with van der Waals surface area (Å²) in [6.07, 6.45) is 1.94. The molecule has 0 saturated heterocycles. The zero-order valence-electron chi connectivity index (χ0n) is 8.89. The maximum Gasteiger partial charge on any atom is 0.105 e. The number of anilines is 1. The fraction of sp³-hybridized carbons (Fsp3) is 0.600. The van der Waals surface area contributed by atoms with Crippen LogP contribution in [-0.2, 0) is 0 Å². The van der Waals surface area contributed by atoms with E-state index in [2.05, 4.69) is 42.2 Å². The van der Waals surface area contributed by atoms with Gasteiger partial charge in [0.2, 0.25) is 0 Å². The second kappa shape index (κ2) is 3.83. The molecule has 1 aromatic rings. The summed E-state index contributed by atoms with van der Waals surface area (Å²) in [7, 11) is 4.08. The van der Waals surface area contributed by atoms with E-state index in [4.69, 9.17) is 0 Å². The highest BCUT2D eigenvalue weighted by Gasteiger charge is 2.17. The van der Waals surface area contributed by atoms with Gasteiger partial charge in [-0.3, -0.25) is 0 Å². The van der Waals surface area contributed by atoms with Gasteiger partial charge in [0.15, 0.2) is 0 Å². The van der Waals surface area contributed by atoms with E-state index in [-0.39, 0.29) is 5.54 Å². The molecule has 1 rings (SSSR count). The molecule has 0 amide bonds. The van der Waals surface area contributed by atoms with Gasteiger partial charge in [-0.1, -0.05) is 0 Å². The molecule has 0 atom stereocenters. The number of H-pyrrole nitrogens is 1. The molecule has 0 aliphatic rings. The van der Waals surface area contributed by atoms with Gasteiger partial charge in [-0.15, -0.1) is 0 Å². The Morgan fingerprint density at radius 1 is 1.54 bits per heavy atom. The molecule has 1 aromatic heterocycles. The number of nitrogens with zero attached hydrogens (tertiary/aromatic N) is 1. The lowest BCUT2D eigenvalue weighted by Crippen LogP contribution is -2.46. The van der Waals surface area contributed by atoms with Gasteiger partial charge in [0.25, 0.3) is 0 Å². The van der Waals surface area contributed by atoms with Crippen molar-refractivity contribution in [2.45, 2.75) is 19.4 Å². The summed E-state index contributed by atoms with van der Waals surface area (Å²) in [6, 6.07) is 4.09. The smallest absolute Gasteiger partial charge is 0.105 e. The molecule has 0 bridgehead atoms. The minimum atomic E-state index is 0.139. The van der Waals surface area contributed by atoms with Crippen molar-refractivity contribution in [3.05, 3.63) is 18.3 Å². The highest BCUT2D eigenvalue weighted by molar-refractivity contribution is 5.37. The van der Waals surface area contributed by atoms with Crippen molar-refractivity contribution in [3.63, 3.8) is 0 Å². The maximum atomic E-state index is 3.28. The van der Waals surface area contributed by atoms with Gasteiger partial charge in [-0.2, -0.15) is 0 Å². The first-order valence-electron chi connectivity index (χ1n) is 4.58. The number of hydrogen-bond acceptors (Lipinski definition) is 2. The molecule has 0 aliphatic carbocycles. The number of rotatable bonds is 4. The Balaban J connectivity index is 2.56. The van der Waals surface area contributed by atoms with Crippen LogP contribution in [0.25, 0.3) is 0 Å². The first kappa shape index (κ1) is 10.1. The molecule has 0 aliphatic heterocycles. The average Bonchev–Trinajstić information content (AvgIpc) is 2.55. The monoisotopic (exact) mass is 181 g/mol. The van der Waals surface area contributed by atoms with Crippen molar-refractivity contribution < 1.29 is 0 Å². The molecule has 2 N–H and O–H groups in total. The first-order chi connectivity index (χ1) is 6.05. The Morgan fingerprint density at radius 2 is 2.23 bits per heavy atom. The van der Waals surface area contributed by atoms with E-state index in [0.717, 1.165) is 12.4 Å². The van der Waals surface area contributed by atoms with Crippen molar-refractivity contribution in [1.82, 2.24) is 10.3 Å². The summed E-state index contributed by atoms with van der Waals surface area (Å²) in [4.78, 5) is 5.39. The van der Waals surface area contributed by atoms with Crippen LogP contribution in [0, 0.1) is 0 Å². The van der Waals surface area contributed by atoms with Crippen LogP contribution in [0.3, 0.4) is 0 Å². The standard InChI is InChI=1S/C10H19N3/c1-10(2,11-3)8-13(4)9-6-5-7-12-9/h5-7,11-12H,8H2,1-4H3. The molecule has 3 heteroatoms. The fourth-order valence-corrected chi connectivity index (χ4v) is 1.32. The van der Waals surface area contributed by atoms with Crippen molar-refractivity contribution in [1.29, 1.82) is 0 Å². The predicted octanol–water partition coefficient (Wildman–Crippen LogP) is 1.45. The zero-order chi connectivity index (χ0) is 9.90.